The highest BCUT2D eigenvalue weighted by atomic mass is 31.1. The van der Waals surface area contributed by atoms with Crippen molar-refractivity contribution >= 4 is 86.8 Å². The molecule has 4 aliphatic rings. The fourth-order valence-corrected chi connectivity index (χ4v) is 13.2. The van der Waals surface area contributed by atoms with Gasteiger partial charge in [-0.15, -0.1) is 9.05 Å². The van der Waals surface area contributed by atoms with Gasteiger partial charge in [0, 0.05) is 92.7 Å². The van der Waals surface area contributed by atoms with Crippen LogP contribution in [0.15, 0.2) is 90.4 Å². The lowest BCUT2D eigenvalue weighted by molar-refractivity contribution is -0.137. The monoisotopic (exact) mass is 1500 g/mol. The van der Waals surface area contributed by atoms with E-state index in [1.54, 1.807) is 69.5 Å². The van der Waals surface area contributed by atoms with Crippen molar-refractivity contribution in [3.8, 4) is 5.88 Å². The highest BCUT2D eigenvalue weighted by Crippen LogP contribution is 2.44. The van der Waals surface area contributed by atoms with E-state index in [1.807, 2.05) is 0 Å². The molecule has 9 rings (SSSR count). The summed E-state index contributed by atoms with van der Waals surface area (Å²) in [6.45, 7) is 7.37. The lowest BCUT2D eigenvalue weighted by atomic mass is 10.0. The number of carbonyl (C=O) groups excluding carboxylic acids is 8. The van der Waals surface area contributed by atoms with Gasteiger partial charge in [-0.25, -0.2) is 19.7 Å². The lowest BCUT2D eigenvalue weighted by Crippen LogP contribution is -2.57. The molecule has 0 spiro atoms. The summed E-state index contributed by atoms with van der Waals surface area (Å²) < 4.78 is 95.9. The van der Waals surface area contributed by atoms with Crippen LogP contribution in [0, 0.1) is 11.8 Å². The number of imidazole rings is 1. The molecule has 568 valence electrons. The second kappa shape index (κ2) is 40.6. The number of nitrogens with one attached hydrogen (secondary N) is 6. The van der Waals surface area contributed by atoms with Gasteiger partial charge in [0.2, 0.25) is 35.5 Å². The summed E-state index contributed by atoms with van der Waals surface area (Å²) in [5.41, 5.74) is 0.516. The molecule has 6 N–H and O–H groups in total. The minimum Gasteiger partial charge on any atom is -0.474 e. The summed E-state index contributed by atoms with van der Waals surface area (Å²) >= 11 is 0. The Morgan fingerprint density at radius 2 is 1.50 bits per heavy atom. The first-order chi connectivity index (χ1) is 50.7. The van der Waals surface area contributed by atoms with Crippen LogP contribution >= 0.6 is 16.5 Å². The largest absolute Gasteiger partial charge is 0.697 e. The molecule has 6 heterocycles. The van der Waals surface area contributed by atoms with Gasteiger partial charge in [0.05, 0.1) is 78.5 Å². The van der Waals surface area contributed by atoms with Crippen molar-refractivity contribution < 1.29 is 103 Å². The number of fused-ring (bicyclic) bond motifs is 4. The number of hydrogen-bond acceptors (Lipinski definition) is 27. The highest BCUT2D eigenvalue weighted by Gasteiger charge is 2.46. The fraction of sp³-hybridized carbons (Fsp3) is 0.537. The quantitative estimate of drug-likeness (QED) is 0.0184. The smallest absolute Gasteiger partial charge is 0.474 e. The average Bonchev–Trinajstić information content (AvgIpc) is 1.62. The van der Waals surface area contributed by atoms with Crippen LogP contribution in [0.1, 0.15) is 93.4 Å². The van der Waals surface area contributed by atoms with E-state index in [0.29, 0.717) is 88.0 Å². The summed E-state index contributed by atoms with van der Waals surface area (Å²) in [7, 11) is -2.80. The van der Waals surface area contributed by atoms with Crippen molar-refractivity contribution in [1.82, 2.24) is 55.2 Å². The van der Waals surface area contributed by atoms with Crippen molar-refractivity contribution in [1.29, 1.82) is 0 Å². The number of aromatic nitrogens is 6. The third-order valence-corrected chi connectivity index (χ3v) is 18.7. The second-order valence-corrected chi connectivity index (χ2v) is 27.1. The van der Waals surface area contributed by atoms with Crippen LogP contribution in [0.25, 0.3) is 11.2 Å². The normalized spacial score (nSPS) is 20.8. The van der Waals surface area contributed by atoms with Crippen molar-refractivity contribution in [3.05, 3.63) is 113 Å². The Balaban J connectivity index is 0.721. The molecule has 0 radical (unpaired) electrons. The number of imide groups is 1. The molecule has 2 aromatic carbocycles. The number of methoxy groups -OCH3 is 1. The zero-order valence-electron chi connectivity index (χ0n) is 58.7. The minimum atomic E-state index is -3.21. The molecule has 2 saturated heterocycles. The van der Waals surface area contributed by atoms with E-state index in [0.717, 1.165) is 4.90 Å². The van der Waals surface area contributed by atoms with Crippen LogP contribution < -0.4 is 36.9 Å². The number of hydrogen-bond donors (Lipinski definition) is 6. The molecular formula is C67H88N13O23P2+. The van der Waals surface area contributed by atoms with E-state index in [4.69, 9.17) is 56.0 Å². The molecule has 2 bridgehead atoms. The Kier molecular flexibility index (Phi) is 31.0. The fourth-order valence-electron chi connectivity index (χ4n) is 11.5. The van der Waals surface area contributed by atoms with Crippen molar-refractivity contribution in [2.45, 2.75) is 128 Å². The van der Waals surface area contributed by atoms with Gasteiger partial charge in [-0.05, 0) is 67.9 Å². The summed E-state index contributed by atoms with van der Waals surface area (Å²) in [5.74, 6) is -4.84. The SMILES string of the molecule is COCCOCCOCCOCCOCCC(=O)N[C@@H](CCCCN1C(=O)C=CC1=O)C(=O)N[C@H](C(=O)N[C@@H](C)C(=O)Nc1ccc(COC(=O)N(C)Cc2ccccc2C(=O)Nc2nc3c(ncn3[C@@H]3O[C@@H]4CO[P+](=O)O[C@H]5C[C@H](Oc6ccncn6)C[C@@H]5CO[PH](=O)O[C@@H]3C4)c(=O)[nH]2)cc1)C(C)C. The van der Waals surface area contributed by atoms with Crippen molar-refractivity contribution in [3.63, 3.8) is 0 Å². The minimum absolute atomic E-state index is 0.0232. The molecule has 1 aliphatic carbocycles. The molecule has 8 amide bonds. The molecule has 2 unspecified atom stereocenters. The van der Waals surface area contributed by atoms with Crippen molar-refractivity contribution in [2.75, 3.05) is 104 Å². The predicted molar refractivity (Wildman–Crippen MR) is 371 cm³/mol. The van der Waals surface area contributed by atoms with Crippen LogP contribution in [-0.2, 0) is 102 Å². The zero-order chi connectivity index (χ0) is 74.8. The molecule has 3 aliphatic heterocycles. The first-order valence-corrected chi connectivity index (χ1v) is 36.6. The first-order valence-electron chi connectivity index (χ1n) is 34.3. The molecule has 38 heteroatoms. The van der Waals surface area contributed by atoms with Gasteiger partial charge >= 0.3 is 22.6 Å². The molecule has 3 fully saturated rings. The number of nitrogens with zero attached hydrogens (tertiary/aromatic N) is 7. The molecule has 105 heavy (non-hydrogen) atoms. The molecule has 36 nitrogen and oxygen atoms in total. The Labute approximate surface area is 605 Å². The van der Waals surface area contributed by atoms with E-state index in [9.17, 15) is 52.3 Å². The van der Waals surface area contributed by atoms with Crippen LogP contribution in [0.2, 0.25) is 0 Å². The maximum Gasteiger partial charge on any atom is 0.697 e. The van der Waals surface area contributed by atoms with Gasteiger partial charge in [0.15, 0.2) is 17.4 Å². The second-order valence-electron chi connectivity index (χ2n) is 25.2. The lowest BCUT2D eigenvalue weighted by Gasteiger charge is -2.26. The highest BCUT2D eigenvalue weighted by molar-refractivity contribution is 7.33. The number of H-pyrrole nitrogens is 1. The summed E-state index contributed by atoms with van der Waals surface area (Å²) in [6.07, 6.45) is 3.38. The standard InChI is InChI=1S/C67H87N13O23P2/c1-41(2)57(74-62(86)50(12-8-9-22-79-55(82)17-18-56(79)83)73-53(81)20-23-93-26-27-95-30-31-96-29-28-94-25-24-92-5)63(87)71-42(3)60(84)72-46-15-13-43(14-16-46)36-97-67(89)78(4)35-44-10-6-7-11-49(44)61(85)76-66-75-59-58(64(88)77-66)70-40-80(59)65-52-34-48(101-65)38-99-105(91)102-51-33-47(100-54-19-21-68-39-69-54)32-45(51)37-98-104(90)103-52/h6-7,10-11,13-19,21,39-42,45,47-48,50-52,57,65,104H,8-9,12,20,22-38H2,1-5H3,(H5-,71,72,73,74,75,76,77,81,84,85,86,87,88)/p+1/t42-,45+,47+,48-,50-,51-,52+,57-,65+/m0/s1. The first kappa shape index (κ1) is 80.2. The summed E-state index contributed by atoms with van der Waals surface area (Å²) in [6, 6.07) is 11.0. The van der Waals surface area contributed by atoms with Crippen molar-refractivity contribution in [2.24, 2.45) is 11.8 Å². The van der Waals surface area contributed by atoms with Gasteiger partial charge in [0.1, 0.15) is 56.0 Å². The Morgan fingerprint density at radius 3 is 2.21 bits per heavy atom. The number of carbonyl (C=O) groups is 8. The number of unbranched alkanes of at least 4 members (excludes halogenated alkanes) is 1. The number of rotatable bonds is 37. The van der Waals surface area contributed by atoms with Gasteiger partial charge in [-0.3, -0.25) is 62.7 Å². The van der Waals surface area contributed by atoms with Gasteiger partial charge in [-0.2, -0.15) is 4.98 Å². The molecule has 5 aromatic rings. The number of amides is 8. The number of benzene rings is 2. The molecule has 3 aromatic heterocycles. The Morgan fingerprint density at radius 1 is 0.790 bits per heavy atom. The number of anilines is 2. The molecule has 11 atom stereocenters. The predicted octanol–water partition coefficient (Wildman–Crippen LogP) is 4.21. The maximum atomic E-state index is 14.0. The molecule has 1 saturated carbocycles. The summed E-state index contributed by atoms with van der Waals surface area (Å²) in [5, 5.41) is 13.5. The van der Waals surface area contributed by atoms with Gasteiger partial charge in [0.25, 0.3) is 23.3 Å². The summed E-state index contributed by atoms with van der Waals surface area (Å²) in [4.78, 5) is 141. The van der Waals surface area contributed by atoms with E-state index >= 15 is 0 Å². The van der Waals surface area contributed by atoms with Gasteiger partial charge < -0.3 is 73.1 Å². The van der Waals surface area contributed by atoms with Gasteiger partial charge in [-0.1, -0.05) is 44.2 Å². The van der Waals surface area contributed by atoms with E-state index < -0.39 is 124 Å². The Hall–Kier alpha value is -8.90. The van der Waals surface area contributed by atoms with Crippen LogP contribution in [0.3, 0.4) is 0 Å². The number of aromatic amines is 1. The number of ether oxygens (including phenoxy) is 8. The van der Waals surface area contributed by atoms with Crippen LogP contribution in [0.5, 0.6) is 5.88 Å². The average molecular weight is 1510 g/mol. The Bertz CT molecular complexity index is 3890. The van der Waals surface area contributed by atoms with E-state index in [2.05, 4.69) is 51.5 Å². The molecular weight excluding hydrogens is 1420 g/mol. The van der Waals surface area contributed by atoms with E-state index in [1.165, 1.54) is 60.5 Å². The maximum absolute atomic E-state index is 14.0. The van der Waals surface area contributed by atoms with E-state index in [-0.39, 0.29) is 101 Å². The van der Waals surface area contributed by atoms with Crippen LogP contribution in [-0.4, -0.2) is 223 Å². The third-order valence-electron chi connectivity index (χ3n) is 17.0. The topological polar surface area (TPSA) is 437 Å². The third kappa shape index (κ3) is 24.3. The zero-order valence-corrected chi connectivity index (χ0v) is 60.6. The van der Waals surface area contributed by atoms with Crippen LogP contribution in [0.4, 0.5) is 16.4 Å².